The third-order valence-electron chi connectivity index (χ3n) is 4.64. The molecule has 0 unspecified atom stereocenters. The molecule has 0 radical (unpaired) electrons. The van der Waals surface area contributed by atoms with Crippen molar-refractivity contribution in [3.8, 4) is 11.3 Å². The molecule has 0 atom stereocenters. The molecule has 154 valence electrons. The molecule has 0 aliphatic carbocycles. The number of nitrogens with zero attached hydrogens (tertiary/aromatic N) is 2. The van der Waals surface area contributed by atoms with Crippen molar-refractivity contribution in [2.75, 3.05) is 10.1 Å². The van der Waals surface area contributed by atoms with E-state index in [9.17, 15) is 17.2 Å². The van der Waals surface area contributed by atoms with Crippen molar-refractivity contribution in [2.45, 2.75) is 13.3 Å². The van der Waals surface area contributed by atoms with E-state index in [1.165, 1.54) is 6.20 Å². The predicted molar refractivity (Wildman–Crippen MR) is 114 cm³/mol. The molecule has 0 aliphatic heterocycles. The van der Waals surface area contributed by atoms with Gasteiger partial charge in [-0.05, 0) is 36.2 Å². The first-order chi connectivity index (χ1) is 14.4. The van der Waals surface area contributed by atoms with Gasteiger partial charge in [0.1, 0.15) is 11.5 Å². The van der Waals surface area contributed by atoms with E-state index in [0.717, 1.165) is 27.7 Å². The molecule has 4 aromatic rings. The largest absolute Gasteiger partial charge is 0.339 e. The molecule has 1 N–H and O–H groups in total. The second kappa shape index (κ2) is 7.87. The van der Waals surface area contributed by atoms with E-state index in [1.54, 1.807) is 13.0 Å². The van der Waals surface area contributed by atoms with Crippen molar-refractivity contribution >= 4 is 32.4 Å². The fourth-order valence-electron chi connectivity index (χ4n) is 3.33. The molecule has 2 heterocycles. The highest BCUT2D eigenvalue weighted by Gasteiger charge is 2.27. The van der Waals surface area contributed by atoms with Crippen LogP contribution in [0.25, 0.3) is 22.3 Å². The fourth-order valence-corrected chi connectivity index (χ4v) is 4.90. The molecule has 2 aromatic heterocycles. The minimum absolute atomic E-state index is 0.181. The van der Waals surface area contributed by atoms with Crippen LogP contribution >= 0.6 is 0 Å². The van der Waals surface area contributed by atoms with Crippen LogP contribution in [-0.2, 0) is 10.0 Å². The van der Waals surface area contributed by atoms with Gasteiger partial charge in [0.25, 0.3) is 0 Å². The molecule has 5 nitrogen and oxygen atoms in total. The first-order valence-electron chi connectivity index (χ1n) is 9.41. The number of rotatable bonds is 6. The number of hydrogen-bond donors (Lipinski definition) is 1. The molecular weight excluding hydrogens is 408 g/mol. The maximum absolute atomic E-state index is 14.5. The molecule has 0 amide bonds. The molecule has 0 bridgehead atoms. The summed E-state index contributed by atoms with van der Waals surface area (Å²) in [6.45, 7) is 1.72. The summed E-state index contributed by atoms with van der Waals surface area (Å²) in [5.41, 5.74) is 2.29. The summed E-state index contributed by atoms with van der Waals surface area (Å²) < 4.78 is 54.7. The van der Waals surface area contributed by atoms with Crippen LogP contribution in [0.4, 0.5) is 20.2 Å². The van der Waals surface area contributed by atoms with Crippen molar-refractivity contribution in [1.29, 1.82) is 0 Å². The van der Waals surface area contributed by atoms with E-state index >= 15 is 0 Å². The van der Waals surface area contributed by atoms with Crippen molar-refractivity contribution in [3.05, 3.63) is 78.5 Å². The van der Waals surface area contributed by atoms with E-state index in [2.05, 4.69) is 9.97 Å². The van der Waals surface area contributed by atoms with Crippen LogP contribution in [0.3, 0.4) is 0 Å². The number of benzene rings is 2. The van der Waals surface area contributed by atoms with Crippen LogP contribution in [0.15, 0.2) is 66.9 Å². The first-order valence-corrected chi connectivity index (χ1v) is 11.0. The Balaban J connectivity index is 1.86. The number of fused-ring (bicyclic) bond motifs is 1. The number of nitrogens with one attached hydrogen (secondary N) is 1. The normalized spacial score (nSPS) is 11.7. The molecule has 4 rings (SSSR count). The summed E-state index contributed by atoms with van der Waals surface area (Å²) >= 11 is 0. The van der Waals surface area contributed by atoms with E-state index < -0.39 is 21.7 Å². The van der Waals surface area contributed by atoms with Gasteiger partial charge in [0, 0.05) is 17.1 Å². The number of halogens is 2. The maximum atomic E-state index is 14.5. The van der Waals surface area contributed by atoms with E-state index in [-0.39, 0.29) is 17.1 Å². The zero-order valence-corrected chi connectivity index (χ0v) is 17.0. The number of H-pyrrole nitrogens is 1. The second-order valence-electron chi connectivity index (χ2n) is 6.86. The van der Waals surface area contributed by atoms with Crippen LogP contribution in [0.5, 0.6) is 0 Å². The summed E-state index contributed by atoms with van der Waals surface area (Å²) in [4.78, 5) is 7.53. The molecular formula is C22H19F2N3O2S. The van der Waals surface area contributed by atoms with Crippen molar-refractivity contribution in [1.82, 2.24) is 9.97 Å². The van der Waals surface area contributed by atoms with Crippen LogP contribution in [-0.4, -0.2) is 24.1 Å². The van der Waals surface area contributed by atoms with Gasteiger partial charge in [-0.25, -0.2) is 26.5 Å². The zero-order valence-electron chi connectivity index (χ0n) is 16.1. The van der Waals surface area contributed by atoms with Crippen molar-refractivity contribution < 1.29 is 17.2 Å². The standard InChI is InChI=1S/C22H19F2N3O2S/c1-2-10-30(28,29)27(21-9-8-17(23)13-19(21)24)18-11-16-12-20(26-22(16)25-14-18)15-6-4-3-5-7-15/h3-9,11-14H,2,10H2,1H3,(H,25,26). The maximum Gasteiger partial charge on any atom is 0.239 e. The minimum Gasteiger partial charge on any atom is -0.339 e. The Kier molecular flexibility index (Phi) is 5.26. The van der Waals surface area contributed by atoms with Gasteiger partial charge in [0.2, 0.25) is 10.0 Å². The molecule has 30 heavy (non-hydrogen) atoms. The Labute approximate surface area is 173 Å². The van der Waals surface area contributed by atoms with Crippen molar-refractivity contribution in [3.63, 3.8) is 0 Å². The highest BCUT2D eigenvalue weighted by molar-refractivity contribution is 7.93. The van der Waals surface area contributed by atoms with Gasteiger partial charge < -0.3 is 4.98 Å². The lowest BCUT2D eigenvalue weighted by Gasteiger charge is -2.24. The van der Waals surface area contributed by atoms with Crippen molar-refractivity contribution in [2.24, 2.45) is 0 Å². The second-order valence-corrected chi connectivity index (χ2v) is 8.79. The molecule has 0 fully saturated rings. The third kappa shape index (κ3) is 3.78. The topological polar surface area (TPSA) is 66.1 Å². The van der Waals surface area contributed by atoms with Gasteiger partial charge >= 0.3 is 0 Å². The van der Waals surface area contributed by atoms with Gasteiger partial charge in [-0.2, -0.15) is 0 Å². The average molecular weight is 427 g/mol. The smallest absolute Gasteiger partial charge is 0.239 e. The summed E-state index contributed by atoms with van der Waals surface area (Å²) in [5.74, 6) is -1.94. The molecule has 0 aliphatic rings. The molecule has 0 saturated heterocycles. The highest BCUT2D eigenvalue weighted by Crippen LogP contribution is 2.34. The highest BCUT2D eigenvalue weighted by atomic mass is 32.2. The lowest BCUT2D eigenvalue weighted by Crippen LogP contribution is -2.29. The Morgan fingerprint density at radius 3 is 2.50 bits per heavy atom. The average Bonchev–Trinajstić information content (AvgIpc) is 3.14. The number of aromatic amines is 1. The molecule has 8 heteroatoms. The van der Waals surface area contributed by atoms with Gasteiger partial charge in [-0.15, -0.1) is 0 Å². The lowest BCUT2D eigenvalue weighted by atomic mass is 10.1. The predicted octanol–water partition coefficient (Wildman–Crippen LogP) is 5.39. The Morgan fingerprint density at radius 2 is 1.80 bits per heavy atom. The van der Waals surface area contributed by atoms with Gasteiger partial charge in [0.15, 0.2) is 5.82 Å². The number of aromatic nitrogens is 2. The summed E-state index contributed by atoms with van der Waals surface area (Å²) in [6, 6.07) is 15.9. The summed E-state index contributed by atoms with van der Waals surface area (Å²) in [7, 11) is -3.91. The zero-order chi connectivity index (χ0) is 21.3. The van der Waals surface area contributed by atoms with Crippen LogP contribution in [0, 0.1) is 11.6 Å². The SMILES string of the molecule is CCCS(=O)(=O)N(c1cnc2[nH]c(-c3ccccc3)cc2c1)c1ccc(F)cc1F. The Hall–Kier alpha value is -3.26. The van der Waals surface area contributed by atoms with Crippen LogP contribution < -0.4 is 4.31 Å². The monoisotopic (exact) mass is 427 g/mol. The number of pyridine rings is 1. The minimum atomic E-state index is -3.91. The van der Waals surface area contributed by atoms with Gasteiger partial charge in [-0.3, -0.25) is 0 Å². The molecule has 2 aromatic carbocycles. The fraction of sp³-hybridized carbons (Fsp3) is 0.136. The third-order valence-corrected chi connectivity index (χ3v) is 6.53. The van der Waals surface area contributed by atoms with E-state index in [0.29, 0.717) is 23.5 Å². The van der Waals surface area contributed by atoms with Crippen LogP contribution in [0.2, 0.25) is 0 Å². The lowest BCUT2D eigenvalue weighted by molar-refractivity contribution is 0.578. The summed E-state index contributed by atoms with van der Waals surface area (Å²) in [5, 5.41) is 0.672. The quantitative estimate of drug-likeness (QED) is 0.449. The number of sulfonamides is 1. The Morgan fingerprint density at radius 1 is 1.03 bits per heavy atom. The van der Waals surface area contributed by atoms with Gasteiger partial charge in [-0.1, -0.05) is 37.3 Å². The van der Waals surface area contributed by atoms with E-state index in [1.807, 2.05) is 36.4 Å². The number of hydrogen-bond acceptors (Lipinski definition) is 3. The first kappa shape index (κ1) is 20.0. The molecule has 0 saturated carbocycles. The van der Waals surface area contributed by atoms with Gasteiger partial charge in [0.05, 0.1) is 23.3 Å². The summed E-state index contributed by atoms with van der Waals surface area (Å²) in [6.07, 6.45) is 1.71. The molecule has 0 spiro atoms. The van der Waals surface area contributed by atoms with Crippen LogP contribution in [0.1, 0.15) is 13.3 Å². The Bertz CT molecular complexity index is 1300. The number of anilines is 2. The van der Waals surface area contributed by atoms with E-state index in [4.69, 9.17) is 0 Å².